The van der Waals surface area contributed by atoms with Crippen LogP contribution in [0.15, 0.2) is 45.3 Å². The van der Waals surface area contributed by atoms with Crippen LogP contribution in [0.3, 0.4) is 0 Å². The number of rotatable bonds is 2. The zero-order valence-electron chi connectivity index (χ0n) is 12.1. The number of fused-ring (bicyclic) bond motifs is 1. The first-order valence-electron chi connectivity index (χ1n) is 6.53. The van der Waals surface area contributed by atoms with Crippen LogP contribution in [-0.2, 0) is 26.4 Å². The van der Waals surface area contributed by atoms with Crippen LogP contribution in [0.2, 0.25) is 0 Å². The molecule has 0 spiro atoms. The largest absolute Gasteiger partial charge is 0.147 e. The first-order chi connectivity index (χ1) is 8.58. The Hall–Kier alpha value is -0.0969. The summed E-state index contributed by atoms with van der Waals surface area (Å²) in [6.07, 6.45) is 10.6. The minimum Gasteiger partial charge on any atom is -0.147 e. The molecule has 3 rings (SSSR count). The Kier molecular flexibility index (Phi) is 6.08. The number of halogens is 2. The van der Waals surface area contributed by atoms with E-state index in [0.29, 0.717) is 3.12 Å². The Morgan fingerprint density at radius 1 is 1.10 bits per heavy atom. The zero-order chi connectivity index (χ0) is 12.8. The van der Waals surface area contributed by atoms with Gasteiger partial charge >= 0.3 is 122 Å². The second-order valence-corrected chi connectivity index (χ2v) is 10.2. The van der Waals surface area contributed by atoms with E-state index in [2.05, 4.69) is 63.3 Å². The van der Waals surface area contributed by atoms with E-state index in [1.807, 2.05) is 0 Å². The van der Waals surface area contributed by atoms with Crippen molar-refractivity contribution >= 4 is 30.9 Å². The molecule has 0 bridgehead atoms. The smallest absolute Gasteiger partial charge is 0.147 e. The molecule has 2 aliphatic carbocycles. The molecule has 0 saturated heterocycles. The molecule has 0 nitrogen and oxygen atoms in total. The second-order valence-electron chi connectivity index (χ2n) is 5.52. The van der Waals surface area contributed by atoms with Crippen molar-refractivity contribution in [3.05, 3.63) is 62.0 Å². The van der Waals surface area contributed by atoms with Gasteiger partial charge in [0.05, 0.1) is 0 Å². The van der Waals surface area contributed by atoms with Gasteiger partial charge in [-0.25, -0.2) is 0 Å². The summed E-state index contributed by atoms with van der Waals surface area (Å²) in [6.45, 7) is 6.92. The molecule has 106 valence electrons. The minimum atomic E-state index is -0.593. The van der Waals surface area contributed by atoms with Crippen molar-refractivity contribution in [2.75, 3.05) is 0 Å². The molecule has 1 unspecified atom stereocenters. The Balaban J connectivity index is 0.000001000. The molecule has 1 aromatic carbocycles. The molecule has 1 aromatic rings. The van der Waals surface area contributed by atoms with Crippen molar-refractivity contribution in [1.29, 1.82) is 0 Å². The van der Waals surface area contributed by atoms with Gasteiger partial charge in [0.15, 0.2) is 0 Å². The first-order valence-corrected chi connectivity index (χ1v) is 8.99. The van der Waals surface area contributed by atoms with E-state index in [-0.39, 0.29) is 24.8 Å². The van der Waals surface area contributed by atoms with Gasteiger partial charge in [-0.15, -0.1) is 24.8 Å². The Morgan fingerprint density at radius 3 is 2.50 bits per heavy atom. The average molecular weight is 386 g/mol. The predicted molar refractivity (Wildman–Crippen MR) is 88.5 cm³/mol. The molecule has 0 saturated carbocycles. The van der Waals surface area contributed by atoms with E-state index in [1.165, 1.54) is 23.1 Å². The number of hydrogen-bond donors (Lipinski definition) is 0. The fourth-order valence-electron chi connectivity index (χ4n) is 2.80. The van der Waals surface area contributed by atoms with Crippen molar-refractivity contribution in [3.63, 3.8) is 0 Å². The molecule has 2 aliphatic rings. The van der Waals surface area contributed by atoms with E-state index in [1.54, 1.807) is 8.84 Å². The molecule has 0 aromatic heterocycles. The molecule has 0 aliphatic heterocycles. The van der Waals surface area contributed by atoms with Crippen LogP contribution in [0.4, 0.5) is 0 Å². The van der Waals surface area contributed by atoms with Crippen LogP contribution < -0.4 is 0 Å². The molecule has 0 N–H and O–H groups in total. The third-order valence-electron chi connectivity index (χ3n) is 3.94. The second kappa shape index (κ2) is 6.78. The van der Waals surface area contributed by atoms with Gasteiger partial charge < -0.3 is 0 Å². The number of allylic oxidation sites excluding steroid dienone is 5. The minimum absolute atomic E-state index is 0. The molecule has 20 heavy (non-hydrogen) atoms. The average Bonchev–Trinajstić information content (AvgIpc) is 2.86. The standard InChI is InChI=1S/C11H11.C6H7.2ClH.Zr/c1-8-3-5-10-6-4-9(2)11(10)7-8;1-6-4-2-3-5-6;;;/h3-7H,1-2H3;2,4H,3H2,1H3;2*1H;. The SMILES string of the molecule is CC1=[C]([Zr][C]2(C)C=Cc3ccc(C)cc32)CC=C1.Cl.Cl. The Morgan fingerprint density at radius 2 is 1.85 bits per heavy atom. The van der Waals surface area contributed by atoms with Crippen LogP contribution in [0.1, 0.15) is 37.0 Å². The van der Waals surface area contributed by atoms with E-state index in [9.17, 15) is 0 Å². The molecular weight excluding hydrogens is 366 g/mol. The van der Waals surface area contributed by atoms with Crippen LogP contribution in [0.5, 0.6) is 0 Å². The zero-order valence-corrected chi connectivity index (χ0v) is 16.2. The summed E-state index contributed by atoms with van der Waals surface area (Å²) in [4.78, 5) is 0. The van der Waals surface area contributed by atoms with E-state index >= 15 is 0 Å². The van der Waals surface area contributed by atoms with Crippen molar-refractivity contribution in [1.82, 2.24) is 0 Å². The van der Waals surface area contributed by atoms with Gasteiger partial charge in [-0.05, 0) is 0 Å². The van der Waals surface area contributed by atoms with Crippen LogP contribution in [0, 0.1) is 6.92 Å². The van der Waals surface area contributed by atoms with Gasteiger partial charge in [0, 0.05) is 0 Å². The number of aryl methyl sites for hydroxylation is 1. The van der Waals surface area contributed by atoms with Crippen LogP contribution >= 0.6 is 24.8 Å². The summed E-state index contributed by atoms with van der Waals surface area (Å²) in [6, 6.07) is 6.90. The molecule has 0 amide bonds. The molecular formula is C17H20Cl2Zr. The van der Waals surface area contributed by atoms with Gasteiger partial charge in [0.2, 0.25) is 0 Å². The topological polar surface area (TPSA) is 0 Å². The maximum absolute atomic E-state index is 2.46. The van der Waals surface area contributed by atoms with E-state index in [4.69, 9.17) is 0 Å². The first kappa shape index (κ1) is 18.0. The van der Waals surface area contributed by atoms with E-state index < -0.39 is 23.2 Å². The maximum Gasteiger partial charge on any atom is -0.147 e. The summed E-state index contributed by atoms with van der Waals surface area (Å²) < 4.78 is 2.12. The molecule has 1 atom stereocenters. The van der Waals surface area contributed by atoms with Crippen molar-refractivity contribution in [2.24, 2.45) is 0 Å². The third kappa shape index (κ3) is 3.21. The predicted octanol–water partition coefficient (Wildman–Crippen LogP) is 5.40. The normalized spacial score (nSPS) is 22.4. The van der Waals surface area contributed by atoms with Gasteiger partial charge in [-0.1, -0.05) is 0 Å². The van der Waals surface area contributed by atoms with Crippen molar-refractivity contribution < 1.29 is 23.2 Å². The van der Waals surface area contributed by atoms with Crippen LogP contribution in [0.25, 0.3) is 6.08 Å². The summed E-state index contributed by atoms with van der Waals surface area (Å²) in [5.41, 5.74) is 5.94. The Labute approximate surface area is 145 Å². The number of hydrogen-bond acceptors (Lipinski definition) is 0. The maximum atomic E-state index is 2.46. The summed E-state index contributed by atoms with van der Waals surface area (Å²) in [7, 11) is 0. The monoisotopic (exact) mass is 384 g/mol. The van der Waals surface area contributed by atoms with Gasteiger partial charge in [-0.3, -0.25) is 0 Å². The quantitative estimate of drug-likeness (QED) is 0.639. The van der Waals surface area contributed by atoms with Gasteiger partial charge in [0.1, 0.15) is 0 Å². The molecule has 0 radical (unpaired) electrons. The van der Waals surface area contributed by atoms with Gasteiger partial charge in [0.25, 0.3) is 0 Å². The fourth-order valence-corrected chi connectivity index (χ4v) is 6.84. The van der Waals surface area contributed by atoms with Crippen molar-refractivity contribution in [2.45, 2.75) is 30.3 Å². The molecule has 0 heterocycles. The molecule has 0 fully saturated rings. The van der Waals surface area contributed by atoms with Crippen LogP contribution in [-0.4, -0.2) is 0 Å². The van der Waals surface area contributed by atoms with Crippen molar-refractivity contribution in [3.8, 4) is 0 Å². The Bertz CT molecular complexity index is 599. The third-order valence-corrected chi connectivity index (χ3v) is 8.50. The summed E-state index contributed by atoms with van der Waals surface area (Å²) in [5.74, 6) is 0. The van der Waals surface area contributed by atoms with Gasteiger partial charge in [-0.2, -0.15) is 0 Å². The number of benzene rings is 1. The summed E-state index contributed by atoms with van der Waals surface area (Å²) >= 11 is -0.593. The summed E-state index contributed by atoms with van der Waals surface area (Å²) in [5, 5.41) is 0. The fraction of sp³-hybridized carbons (Fsp3) is 0.294. The molecule has 3 heteroatoms. The van der Waals surface area contributed by atoms with E-state index in [0.717, 1.165) is 0 Å².